The van der Waals surface area contributed by atoms with Crippen molar-refractivity contribution < 1.29 is 14.3 Å². The van der Waals surface area contributed by atoms with Gasteiger partial charge in [0.2, 0.25) is 5.88 Å². The van der Waals surface area contributed by atoms with Crippen LogP contribution in [0.4, 0.5) is 0 Å². The standard InChI is InChI=1S/C20H22Cl2N2O3/c1-14(2)19(23-12-11-17(21)22)20(25)26-13-15-7-6-10-18(24-15)27-16-8-4-3-5-9-16/h3-11,14,19,23H,12-13H2,1-2H3. The summed E-state index contributed by atoms with van der Waals surface area (Å²) in [7, 11) is 0. The van der Waals surface area contributed by atoms with Crippen molar-refractivity contribution >= 4 is 29.2 Å². The lowest BCUT2D eigenvalue weighted by atomic mass is 10.0. The molecule has 7 heteroatoms. The first-order chi connectivity index (χ1) is 13.0. The Kier molecular flexibility index (Phi) is 8.58. The van der Waals surface area contributed by atoms with E-state index in [0.29, 0.717) is 23.9 Å². The van der Waals surface area contributed by atoms with Gasteiger partial charge >= 0.3 is 5.97 Å². The molecule has 0 aliphatic carbocycles. The average molecular weight is 409 g/mol. The number of para-hydroxylation sites is 1. The number of halogens is 2. The fraction of sp³-hybridized carbons (Fsp3) is 0.300. The second kappa shape index (κ2) is 10.9. The molecule has 2 rings (SSSR count). The highest BCUT2D eigenvalue weighted by atomic mass is 35.5. The van der Waals surface area contributed by atoms with Gasteiger partial charge in [0.15, 0.2) is 0 Å². The van der Waals surface area contributed by atoms with E-state index in [1.807, 2.05) is 44.2 Å². The lowest BCUT2D eigenvalue weighted by Gasteiger charge is -2.20. The van der Waals surface area contributed by atoms with Gasteiger partial charge in [0.25, 0.3) is 0 Å². The van der Waals surface area contributed by atoms with Gasteiger partial charge in [-0.15, -0.1) is 0 Å². The maximum Gasteiger partial charge on any atom is 0.323 e. The predicted molar refractivity (Wildman–Crippen MR) is 107 cm³/mol. The van der Waals surface area contributed by atoms with Crippen molar-refractivity contribution in [1.29, 1.82) is 0 Å². The van der Waals surface area contributed by atoms with Gasteiger partial charge in [0, 0.05) is 12.6 Å². The molecule has 1 N–H and O–H groups in total. The first-order valence-corrected chi connectivity index (χ1v) is 9.31. The summed E-state index contributed by atoms with van der Waals surface area (Å²) in [5, 5.41) is 3.07. The molecule has 1 aromatic heterocycles. The summed E-state index contributed by atoms with van der Waals surface area (Å²) in [5.74, 6) is 0.811. The highest BCUT2D eigenvalue weighted by molar-refractivity contribution is 6.55. The highest BCUT2D eigenvalue weighted by Gasteiger charge is 2.23. The molecule has 0 bridgehead atoms. The molecule has 5 nitrogen and oxygen atoms in total. The molecule has 0 spiro atoms. The van der Waals surface area contributed by atoms with E-state index in [-0.39, 0.29) is 23.0 Å². The van der Waals surface area contributed by atoms with Crippen LogP contribution >= 0.6 is 23.2 Å². The first-order valence-electron chi connectivity index (χ1n) is 8.55. The summed E-state index contributed by atoms with van der Waals surface area (Å²) in [5.41, 5.74) is 0.600. The lowest BCUT2D eigenvalue weighted by Crippen LogP contribution is -2.42. The van der Waals surface area contributed by atoms with Gasteiger partial charge in [-0.1, -0.05) is 61.3 Å². The van der Waals surface area contributed by atoms with Gasteiger partial charge in [-0.3, -0.25) is 4.79 Å². The van der Waals surface area contributed by atoms with Gasteiger partial charge in [-0.05, 0) is 30.2 Å². The Morgan fingerprint density at radius 2 is 1.89 bits per heavy atom. The Bertz CT molecular complexity index is 763. The third-order valence-electron chi connectivity index (χ3n) is 3.62. The molecule has 0 amide bonds. The zero-order valence-electron chi connectivity index (χ0n) is 15.2. The van der Waals surface area contributed by atoms with Crippen LogP contribution in [0, 0.1) is 5.92 Å². The molecule has 1 aromatic carbocycles. The fourth-order valence-corrected chi connectivity index (χ4v) is 2.45. The Hall–Kier alpha value is -2.08. The topological polar surface area (TPSA) is 60.5 Å². The Morgan fingerprint density at radius 3 is 2.56 bits per heavy atom. The summed E-state index contributed by atoms with van der Waals surface area (Å²) in [4.78, 5) is 16.7. The Balaban J connectivity index is 1.93. The summed E-state index contributed by atoms with van der Waals surface area (Å²) in [6.45, 7) is 4.29. The molecule has 1 heterocycles. The smallest absolute Gasteiger partial charge is 0.323 e. The number of nitrogens with one attached hydrogen (secondary N) is 1. The molecular weight excluding hydrogens is 387 g/mol. The van der Waals surface area contributed by atoms with Gasteiger partial charge < -0.3 is 14.8 Å². The van der Waals surface area contributed by atoms with E-state index in [2.05, 4.69) is 10.3 Å². The van der Waals surface area contributed by atoms with Gasteiger partial charge in [0.05, 0.1) is 5.69 Å². The van der Waals surface area contributed by atoms with Gasteiger partial charge in [-0.2, -0.15) is 0 Å². The van der Waals surface area contributed by atoms with E-state index in [9.17, 15) is 4.79 Å². The van der Waals surface area contributed by atoms with Crippen molar-refractivity contribution in [3.05, 3.63) is 64.8 Å². The summed E-state index contributed by atoms with van der Waals surface area (Å²) in [6.07, 6.45) is 1.58. The van der Waals surface area contributed by atoms with E-state index >= 15 is 0 Å². The number of hydrogen-bond donors (Lipinski definition) is 1. The minimum atomic E-state index is -0.474. The monoisotopic (exact) mass is 408 g/mol. The fourth-order valence-electron chi connectivity index (χ4n) is 2.29. The molecule has 0 aliphatic heterocycles. The number of nitrogens with zero attached hydrogens (tertiary/aromatic N) is 1. The van der Waals surface area contributed by atoms with Crippen molar-refractivity contribution in [2.45, 2.75) is 26.5 Å². The van der Waals surface area contributed by atoms with Crippen molar-refractivity contribution in [1.82, 2.24) is 10.3 Å². The SMILES string of the molecule is CC(C)C(NCC=C(Cl)Cl)C(=O)OCc1cccc(Oc2ccccc2)n1. The van der Waals surface area contributed by atoms with E-state index in [1.54, 1.807) is 24.3 Å². The lowest BCUT2D eigenvalue weighted by molar-refractivity contribution is -0.148. The largest absolute Gasteiger partial charge is 0.458 e. The zero-order valence-corrected chi connectivity index (χ0v) is 16.7. The minimum Gasteiger partial charge on any atom is -0.458 e. The average Bonchev–Trinajstić information content (AvgIpc) is 2.64. The van der Waals surface area contributed by atoms with Crippen molar-refractivity contribution in [3.8, 4) is 11.6 Å². The third kappa shape index (κ3) is 7.59. The first kappa shape index (κ1) is 21.2. The molecule has 0 fully saturated rings. The third-order valence-corrected chi connectivity index (χ3v) is 3.93. The Labute approximate surface area is 169 Å². The van der Waals surface area contributed by atoms with Crippen molar-refractivity contribution in [3.63, 3.8) is 0 Å². The Morgan fingerprint density at radius 1 is 1.15 bits per heavy atom. The van der Waals surface area contributed by atoms with E-state index < -0.39 is 6.04 Å². The maximum absolute atomic E-state index is 12.4. The number of carbonyl (C=O) groups is 1. The van der Waals surface area contributed by atoms with E-state index in [4.69, 9.17) is 32.7 Å². The number of carbonyl (C=O) groups excluding carboxylic acids is 1. The van der Waals surface area contributed by atoms with Crippen LogP contribution in [0.3, 0.4) is 0 Å². The van der Waals surface area contributed by atoms with E-state index in [0.717, 1.165) is 0 Å². The molecule has 0 aliphatic rings. The maximum atomic E-state index is 12.4. The number of pyridine rings is 1. The zero-order chi connectivity index (χ0) is 19.6. The van der Waals surface area contributed by atoms with Crippen molar-refractivity contribution in [2.24, 2.45) is 5.92 Å². The van der Waals surface area contributed by atoms with Crippen LogP contribution in [0.15, 0.2) is 59.1 Å². The van der Waals surface area contributed by atoms with Crippen LogP contribution in [0.25, 0.3) is 0 Å². The second-order valence-electron chi connectivity index (χ2n) is 6.11. The molecular formula is C20H22Cl2N2O3. The summed E-state index contributed by atoms with van der Waals surface area (Å²) >= 11 is 11.2. The van der Waals surface area contributed by atoms with Crippen LogP contribution in [-0.4, -0.2) is 23.5 Å². The van der Waals surface area contributed by atoms with Crippen LogP contribution in [0.2, 0.25) is 0 Å². The number of aromatic nitrogens is 1. The quantitative estimate of drug-likeness (QED) is 0.600. The molecule has 0 radical (unpaired) electrons. The van der Waals surface area contributed by atoms with Crippen LogP contribution in [0.5, 0.6) is 11.6 Å². The second-order valence-corrected chi connectivity index (χ2v) is 7.12. The molecule has 144 valence electrons. The normalized spacial score (nSPS) is 11.7. The van der Waals surface area contributed by atoms with Crippen LogP contribution < -0.4 is 10.1 Å². The summed E-state index contributed by atoms with van der Waals surface area (Å²) < 4.78 is 11.3. The molecule has 1 atom stereocenters. The number of ether oxygens (including phenoxy) is 2. The number of benzene rings is 1. The molecule has 2 aromatic rings. The number of hydrogen-bond acceptors (Lipinski definition) is 5. The van der Waals surface area contributed by atoms with E-state index in [1.165, 1.54) is 0 Å². The van der Waals surface area contributed by atoms with Crippen LogP contribution in [-0.2, 0) is 16.1 Å². The van der Waals surface area contributed by atoms with Gasteiger partial charge in [0.1, 0.15) is 22.9 Å². The molecule has 27 heavy (non-hydrogen) atoms. The van der Waals surface area contributed by atoms with Crippen molar-refractivity contribution in [2.75, 3.05) is 6.54 Å². The summed E-state index contributed by atoms with van der Waals surface area (Å²) in [6, 6.07) is 14.2. The van der Waals surface area contributed by atoms with Gasteiger partial charge in [-0.25, -0.2) is 4.98 Å². The molecule has 0 saturated heterocycles. The molecule has 0 saturated carbocycles. The number of rotatable bonds is 9. The number of esters is 1. The molecule has 1 unspecified atom stereocenters. The highest BCUT2D eigenvalue weighted by Crippen LogP contribution is 2.19. The van der Waals surface area contributed by atoms with Crippen LogP contribution in [0.1, 0.15) is 19.5 Å². The minimum absolute atomic E-state index is 0.0423. The predicted octanol–water partition coefficient (Wildman–Crippen LogP) is 4.85.